The van der Waals surface area contributed by atoms with E-state index < -0.39 is 11.7 Å². The molecule has 0 atom stereocenters. The molecule has 0 aliphatic rings. The molecule has 2 aromatic rings. The Labute approximate surface area is 111 Å². The number of carbonyl (C=O) groups excluding carboxylic acids is 1. The van der Waals surface area contributed by atoms with Crippen molar-refractivity contribution >= 4 is 29.2 Å². The van der Waals surface area contributed by atoms with Gasteiger partial charge in [-0.3, -0.25) is 4.79 Å². The fraction of sp³-hybridized carbons (Fsp3) is 0.273. The molecule has 0 radical (unpaired) electrons. The third-order valence-electron chi connectivity index (χ3n) is 2.68. The van der Waals surface area contributed by atoms with E-state index in [0.29, 0.717) is 5.52 Å². The van der Waals surface area contributed by atoms with Crippen molar-refractivity contribution in [1.82, 2.24) is 14.9 Å². The molecule has 2 rings (SSSR count). The molecule has 0 aliphatic heterocycles. The fourth-order valence-electron chi connectivity index (χ4n) is 1.72. The summed E-state index contributed by atoms with van der Waals surface area (Å²) in [5, 5.41) is 2.43. The van der Waals surface area contributed by atoms with Crippen molar-refractivity contribution < 1.29 is 18.0 Å². The zero-order chi connectivity index (χ0) is 14.2. The van der Waals surface area contributed by atoms with Gasteiger partial charge in [0.2, 0.25) is 5.91 Å². The summed E-state index contributed by atoms with van der Waals surface area (Å²) >= 11 is 5.00. The Morgan fingerprint density at radius 1 is 1.47 bits per heavy atom. The summed E-state index contributed by atoms with van der Waals surface area (Å²) in [5.74, 6) is -0.281. The van der Waals surface area contributed by atoms with Gasteiger partial charge in [-0.1, -0.05) is 0 Å². The molecule has 8 heteroatoms. The number of halogens is 3. The van der Waals surface area contributed by atoms with E-state index >= 15 is 0 Å². The molecule has 19 heavy (non-hydrogen) atoms. The summed E-state index contributed by atoms with van der Waals surface area (Å²) in [7, 11) is 1.47. The standard InChI is InChI=1S/C11H10F3N3OS/c1-15-9(18)5-17-8-3-2-6(11(12,13)14)4-7(8)16-10(17)19/h2-4H,5H2,1H3,(H,15,18)(H,16,19). The molecule has 0 saturated heterocycles. The number of aromatic nitrogens is 2. The zero-order valence-electron chi connectivity index (χ0n) is 9.84. The van der Waals surface area contributed by atoms with Gasteiger partial charge in [0.15, 0.2) is 4.77 Å². The smallest absolute Gasteiger partial charge is 0.358 e. The lowest BCUT2D eigenvalue weighted by Gasteiger charge is -2.07. The highest BCUT2D eigenvalue weighted by molar-refractivity contribution is 7.71. The minimum absolute atomic E-state index is 0.0410. The molecule has 102 valence electrons. The lowest BCUT2D eigenvalue weighted by Crippen LogP contribution is -2.23. The largest absolute Gasteiger partial charge is 0.416 e. The maximum Gasteiger partial charge on any atom is 0.416 e. The van der Waals surface area contributed by atoms with Crippen molar-refractivity contribution in [2.24, 2.45) is 0 Å². The number of rotatable bonds is 2. The normalized spacial score (nSPS) is 11.8. The summed E-state index contributed by atoms with van der Waals surface area (Å²) < 4.78 is 39.4. The number of hydrogen-bond donors (Lipinski definition) is 2. The van der Waals surface area contributed by atoms with Crippen molar-refractivity contribution in [3.05, 3.63) is 28.5 Å². The Morgan fingerprint density at radius 3 is 2.74 bits per heavy atom. The first kappa shape index (κ1) is 13.6. The highest BCUT2D eigenvalue weighted by atomic mass is 32.1. The number of nitrogens with one attached hydrogen (secondary N) is 2. The molecule has 0 fully saturated rings. The molecule has 1 aromatic heterocycles. The number of fused-ring (bicyclic) bond motifs is 1. The number of carbonyl (C=O) groups is 1. The predicted octanol–water partition coefficient (Wildman–Crippen LogP) is 2.46. The Bertz CT molecular complexity index is 687. The average Bonchev–Trinajstić information content (AvgIpc) is 2.64. The first-order chi connectivity index (χ1) is 8.82. The van der Waals surface area contributed by atoms with Crippen LogP contribution in [0.2, 0.25) is 0 Å². The van der Waals surface area contributed by atoms with E-state index in [-0.39, 0.29) is 22.7 Å². The van der Waals surface area contributed by atoms with E-state index in [4.69, 9.17) is 12.2 Å². The molecule has 1 amide bonds. The summed E-state index contributed by atoms with van der Waals surface area (Å²) in [4.78, 5) is 14.0. The molecule has 1 aromatic carbocycles. The number of amides is 1. The Hall–Kier alpha value is -1.83. The summed E-state index contributed by atoms with van der Waals surface area (Å²) in [5.41, 5.74) is -0.0475. The van der Waals surface area contributed by atoms with E-state index in [1.807, 2.05) is 0 Å². The van der Waals surface area contributed by atoms with Crippen molar-refractivity contribution in [3.8, 4) is 0 Å². The molecular weight excluding hydrogens is 279 g/mol. The Balaban J connectivity index is 2.54. The lowest BCUT2D eigenvalue weighted by atomic mass is 10.2. The second-order valence-corrected chi connectivity index (χ2v) is 4.31. The summed E-state index contributed by atoms with van der Waals surface area (Å²) in [6.45, 7) is -0.0410. The molecule has 2 N–H and O–H groups in total. The van der Waals surface area contributed by atoms with Crippen LogP contribution in [-0.2, 0) is 17.5 Å². The van der Waals surface area contributed by atoms with Gasteiger partial charge in [-0.25, -0.2) is 0 Å². The van der Waals surface area contributed by atoms with Gasteiger partial charge >= 0.3 is 6.18 Å². The first-order valence-corrected chi connectivity index (χ1v) is 5.74. The number of hydrogen-bond acceptors (Lipinski definition) is 2. The van der Waals surface area contributed by atoms with Gasteiger partial charge in [-0.15, -0.1) is 0 Å². The first-order valence-electron chi connectivity index (χ1n) is 5.33. The number of H-pyrrole nitrogens is 1. The molecule has 0 bridgehead atoms. The van der Waals surface area contributed by atoms with E-state index in [0.717, 1.165) is 12.1 Å². The second-order valence-electron chi connectivity index (χ2n) is 3.92. The van der Waals surface area contributed by atoms with Crippen LogP contribution in [-0.4, -0.2) is 22.5 Å². The third-order valence-corrected chi connectivity index (χ3v) is 3.00. The van der Waals surface area contributed by atoms with Gasteiger partial charge in [0.05, 0.1) is 16.6 Å². The van der Waals surface area contributed by atoms with Crippen LogP contribution in [0.3, 0.4) is 0 Å². The van der Waals surface area contributed by atoms with Crippen molar-refractivity contribution in [1.29, 1.82) is 0 Å². The van der Waals surface area contributed by atoms with E-state index in [9.17, 15) is 18.0 Å². The summed E-state index contributed by atoms with van der Waals surface area (Å²) in [6.07, 6.45) is -4.41. The van der Waals surface area contributed by atoms with Gasteiger partial charge in [-0.2, -0.15) is 13.2 Å². The van der Waals surface area contributed by atoms with E-state index in [2.05, 4.69) is 10.3 Å². The molecule has 1 heterocycles. The highest BCUT2D eigenvalue weighted by Gasteiger charge is 2.30. The number of alkyl halides is 3. The van der Waals surface area contributed by atoms with E-state index in [1.54, 1.807) is 0 Å². The van der Waals surface area contributed by atoms with Crippen LogP contribution in [0, 0.1) is 4.77 Å². The number of likely N-dealkylation sites (N-methyl/N-ethyl adjacent to an activating group) is 1. The van der Waals surface area contributed by atoms with Gasteiger partial charge in [0, 0.05) is 7.05 Å². The number of imidazole rings is 1. The van der Waals surface area contributed by atoms with E-state index in [1.165, 1.54) is 17.7 Å². The highest BCUT2D eigenvalue weighted by Crippen LogP contribution is 2.31. The third kappa shape index (κ3) is 2.62. The van der Waals surface area contributed by atoms with Gasteiger partial charge in [-0.05, 0) is 30.4 Å². The molecule has 0 spiro atoms. The van der Waals surface area contributed by atoms with Crippen LogP contribution >= 0.6 is 12.2 Å². The molecule has 0 saturated carbocycles. The monoisotopic (exact) mass is 289 g/mol. The van der Waals surface area contributed by atoms with Crippen LogP contribution in [0.1, 0.15) is 5.56 Å². The molecule has 4 nitrogen and oxygen atoms in total. The topological polar surface area (TPSA) is 49.8 Å². The van der Waals surface area contributed by atoms with Crippen molar-refractivity contribution in [2.75, 3.05) is 7.05 Å². The van der Waals surface area contributed by atoms with Crippen LogP contribution in [0.5, 0.6) is 0 Å². The number of benzene rings is 1. The summed E-state index contributed by atoms with van der Waals surface area (Å²) in [6, 6.07) is 3.24. The van der Waals surface area contributed by atoms with Gasteiger partial charge < -0.3 is 14.9 Å². The zero-order valence-corrected chi connectivity index (χ0v) is 10.7. The van der Waals surface area contributed by atoms with Crippen molar-refractivity contribution in [3.63, 3.8) is 0 Å². The van der Waals surface area contributed by atoms with Crippen LogP contribution < -0.4 is 5.32 Å². The minimum Gasteiger partial charge on any atom is -0.358 e. The average molecular weight is 289 g/mol. The van der Waals surface area contributed by atoms with Gasteiger partial charge in [0.25, 0.3) is 0 Å². The van der Waals surface area contributed by atoms with Crippen LogP contribution in [0.4, 0.5) is 13.2 Å². The fourth-order valence-corrected chi connectivity index (χ4v) is 1.99. The SMILES string of the molecule is CNC(=O)Cn1c(=S)[nH]c2cc(C(F)(F)F)ccc21. The Kier molecular flexibility index (Phi) is 3.36. The molecular formula is C11H10F3N3OS. The second kappa shape index (κ2) is 4.69. The van der Waals surface area contributed by atoms with Gasteiger partial charge in [0.1, 0.15) is 6.54 Å². The molecule has 0 aliphatic carbocycles. The lowest BCUT2D eigenvalue weighted by molar-refractivity contribution is -0.137. The quantitative estimate of drug-likeness (QED) is 0.834. The number of aromatic amines is 1. The predicted molar refractivity (Wildman–Crippen MR) is 66.2 cm³/mol. The van der Waals surface area contributed by atoms with Crippen molar-refractivity contribution in [2.45, 2.75) is 12.7 Å². The van der Waals surface area contributed by atoms with Crippen LogP contribution in [0.25, 0.3) is 11.0 Å². The maximum absolute atomic E-state index is 12.6. The number of nitrogens with zero attached hydrogens (tertiary/aromatic N) is 1. The minimum atomic E-state index is -4.41. The Morgan fingerprint density at radius 2 is 2.16 bits per heavy atom. The maximum atomic E-state index is 12.6. The molecule has 0 unspecified atom stereocenters. The van der Waals surface area contributed by atoms with Crippen LogP contribution in [0.15, 0.2) is 18.2 Å².